The molecule has 0 spiro atoms. The van der Waals surface area contributed by atoms with Crippen molar-refractivity contribution < 1.29 is 13.9 Å². The SMILES string of the molecule is O=C(NCc1ccccc1)NC[C@H](c1ccco1)N1CCOCC1. The van der Waals surface area contributed by atoms with Crippen LogP contribution in [0.4, 0.5) is 4.79 Å². The van der Waals surface area contributed by atoms with Crippen LogP contribution >= 0.6 is 0 Å². The van der Waals surface area contributed by atoms with Gasteiger partial charge in [0.2, 0.25) is 0 Å². The Labute approximate surface area is 141 Å². The highest BCUT2D eigenvalue weighted by Crippen LogP contribution is 2.21. The van der Waals surface area contributed by atoms with Crippen LogP contribution in [-0.2, 0) is 11.3 Å². The molecule has 1 saturated heterocycles. The van der Waals surface area contributed by atoms with Gasteiger partial charge in [-0.05, 0) is 17.7 Å². The number of morpholine rings is 1. The van der Waals surface area contributed by atoms with E-state index in [1.165, 1.54) is 0 Å². The van der Waals surface area contributed by atoms with Gasteiger partial charge in [0.05, 0.1) is 25.5 Å². The van der Waals surface area contributed by atoms with E-state index in [2.05, 4.69) is 15.5 Å². The van der Waals surface area contributed by atoms with Crippen LogP contribution < -0.4 is 10.6 Å². The number of carbonyl (C=O) groups is 1. The molecule has 2 heterocycles. The lowest BCUT2D eigenvalue weighted by atomic mass is 10.1. The van der Waals surface area contributed by atoms with E-state index in [1.54, 1.807) is 6.26 Å². The summed E-state index contributed by atoms with van der Waals surface area (Å²) >= 11 is 0. The number of benzene rings is 1. The number of hydrogen-bond acceptors (Lipinski definition) is 4. The summed E-state index contributed by atoms with van der Waals surface area (Å²) in [5.74, 6) is 0.861. The third kappa shape index (κ3) is 4.59. The fourth-order valence-corrected chi connectivity index (χ4v) is 2.81. The smallest absolute Gasteiger partial charge is 0.315 e. The lowest BCUT2D eigenvalue weighted by Crippen LogP contribution is -2.45. The average molecular weight is 329 g/mol. The Morgan fingerprint density at radius 1 is 1.08 bits per heavy atom. The average Bonchev–Trinajstić information content (AvgIpc) is 3.16. The maximum absolute atomic E-state index is 12.1. The number of hydrogen-bond donors (Lipinski definition) is 2. The maximum atomic E-state index is 12.1. The van der Waals surface area contributed by atoms with Gasteiger partial charge in [-0.2, -0.15) is 0 Å². The fourth-order valence-electron chi connectivity index (χ4n) is 2.81. The van der Waals surface area contributed by atoms with E-state index in [4.69, 9.17) is 9.15 Å². The van der Waals surface area contributed by atoms with Gasteiger partial charge in [-0.15, -0.1) is 0 Å². The van der Waals surface area contributed by atoms with E-state index >= 15 is 0 Å². The fraction of sp³-hybridized carbons (Fsp3) is 0.389. The number of rotatable bonds is 6. The summed E-state index contributed by atoms with van der Waals surface area (Å²) in [4.78, 5) is 14.4. The van der Waals surface area contributed by atoms with E-state index in [9.17, 15) is 4.79 Å². The minimum Gasteiger partial charge on any atom is -0.468 e. The first kappa shape index (κ1) is 16.5. The molecule has 2 N–H and O–H groups in total. The van der Waals surface area contributed by atoms with Crippen molar-refractivity contribution in [2.24, 2.45) is 0 Å². The summed E-state index contributed by atoms with van der Waals surface area (Å²) in [5.41, 5.74) is 1.07. The Morgan fingerprint density at radius 3 is 2.58 bits per heavy atom. The summed E-state index contributed by atoms with van der Waals surface area (Å²) in [7, 11) is 0. The Hall–Kier alpha value is -2.31. The van der Waals surface area contributed by atoms with Gasteiger partial charge in [0.1, 0.15) is 5.76 Å². The van der Waals surface area contributed by atoms with Crippen molar-refractivity contribution >= 4 is 6.03 Å². The van der Waals surface area contributed by atoms with Gasteiger partial charge in [-0.1, -0.05) is 30.3 Å². The number of amides is 2. The van der Waals surface area contributed by atoms with Crippen molar-refractivity contribution in [1.29, 1.82) is 0 Å². The minimum atomic E-state index is -0.177. The molecule has 2 amide bonds. The highest BCUT2D eigenvalue weighted by Gasteiger charge is 2.25. The molecule has 0 radical (unpaired) electrons. The van der Waals surface area contributed by atoms with Crippen molar-refractivity contribution in [1.82, 2.24) is 15.5 Å². The summed E-state index contributed by atoms with van der Waals surface area (Å²) in [6.45, 7) is 4.08. The normalized spacial score (nSPS) is 16.5. The first-order chi connectivity index (χ1) is 11.8. The highest BCUT2D eigenvalue weighted by atomic mass is 16.5. The van der Waals surface area contributed by atoms with Crippen LogP contribution in [0.25, 0.3) is 0 Å². The lowest BCUT2D eigenvalue weighted by molar-refractivity contribution is 0.0123. The van der Waals surface area contributed by atoms with Crippen molar-refractivity contribution in [2.75, 3.05) is 32.8 Å². The monoisotopic (exact) mass is 329 g/mol. The number of furan rings is 1. The molecule has 1 aromatic heterocycles. The molecule has 6 nitrogen and oxygen atoms in total. The van der Waals surface area contributed by atoms with Gasteiger partial charge >= 0.3 is 6.03 Å². The Morgan fingerprint density at radius 2 is 1.88 bits per heavy atom. The van der Waals surface area contributed by atoms with E-state index < -0.39 is 0 Å². The van der Waals surface area contributed by atoms with Crippen LogP contribution in [0, 0.1) is 0 Å². The zero-order valence-electron chi connectivity index (χ0n) is 13.6. The molecule has 1 atom stereocenters. The van der Waals surface area contributed by atoms with Crippen LogP contribution in [0.1, 0.15) is 17.4 Å². The van der Waals surface area contributed by atoms with Crippen LogP contribution in [-0.4, -0.2) is 43.8 Å². The standard InChI is InChI=1S/C18H23N3O3/c22-18(19-13-15-5-2-1-3-6-15)20-14-16(17-7-4-10-24-17)21-8-11-23-12-9-21/h1-7,10,16H,8-9,11-14H2,(H2,19,20,22)/t16-/m1/s1. The molecule has 0 bridgehead atoms. The third-order valence-corrected chi connectivity index (χ3v) is 4.11. The van der Waals surface area contributed by atoms with Crippen molar-refractivity contribution in [2.45, 2.75) is 12.6 Å². The molecule has 128 valence electrons. The molecule has 1 aliphatic heterocycles. The molecule has 24 heavy (non-hydrogen) atoms. The molecule has 0 unspecified atom stereocenters. The second-order valence-electron chi connectivity index (χ2n) is 5.73. The Balaban J connectivity index is 1.52. The summed E-state index contributed by atoms with van der Waals surface area (Å²) in [6, 6.07) is 13.5. The zero-order chi connectivity index (χ0) is 16.6. The van der Waals surface area contributed by atoms with E-state index in [1.807, 2.05) is 42.5 Å². The summed E-state index contributed by atoms with van der Waals surface area (Å²) in [5, 5.41) is 5.82. The molecular formula is C18H23N3O3. The van der Waals surface area contributed by atoms with Gasteiger partial charge in [-0.3, -0.25) is 4.90 Å². The van der Waals surface area contributed by atoms with Crippen LogP contribution in [0.15, 0.2) is 53.1 Å². The quantitative estimate of drug-likeness (QED) is 0.852. The predicted molar refractivity (Wildman–Crippen MR) is 90.5 cm³/mol. The third-order valence-electron chi connectivity index (χ3n) is 4.11. The van der Waals surface area contributed by atoms with Gasteiger partial charge in [0.15, 0.2) is 0 Å². The number of nitrogens with one attached hydrogen (secondary N) is 2. The molecule has 3 rings (SSSR count). The van der Waals surface area contributed by atoms with Gasteiger partial charge in [0.25, 0.3) is 0 Å². The van der Waals surface area contributed by atoms with E-state index in [0.717, 1.165) is 24.4 Å². The largest absolute Gasteiger partial charge is 0.468 e. The summed E-state index contributed by atoms with van der Waals surface area (Å²) in [6.07, 6.45) is 1.66. The Bertz CT molecular complexity index is 610. The van der Waals surface area contributed by atoms with Crippen molar-refractivity contribution in [3.8, 4) is 0 Å². The van der Waals surface area contributed by atoms with Crippen LogP contribution in [0.5, 0.6) is 0 Å². The van der Waals surface area contributed by atoms with Crippen LogP contribution in [0.2, 0.25) is 0 Å². The van der Waals surface area contributed by atoms with Crippen molar-refractivity contribution in [3.05, 3.63) is 60.1 Å². The van der Waals surface area contributed by atoms with Gasteiger partial charge in [0, 0.05) is 26.2 Å². The first-order valence-electron chi connectivity index (χ1n) is 8.24. The molecule has 2 aromatic rings. The topological polar surface area (TPSA) is 66.7 Å². The molecule has 1 aromatic carbocycles. The zero-order valence-corrected chi connectivity index (χ0v) is 13.6. The molecule has 0 aliphatic carbocycles. The predicted octanol–water partition coefficient (Wildman–Crippen LogP) is 2.15. The number of nitrogens with zero attached hydrogens (tertiary/aromatic N) is 1. The molecule has 1 aliphatic rings. The second kappa shape index (κ2) is 8.52. The molecule has 6 heteroatoms. The maximum Gasteiger partial charge on any atom is 0.315 e. The Kier molecular flexibility index (Phi) is 5.87. The number of ether oxygens (including phenoxy) is 1. The first-order valence-corrected chi connectivity index (χ1v) is 8.24. The second-order valence-corrected chi connectivity index (χ2v) is 5.73. The minimum absolute atomic E-state index is 0.0198. The van der Waals surface area contributed by atoms with E-state index in [-0.39, 0.29) is 12.1 Å². The van der Waals surface area contributed by atoms with Crippen LogP contribution in [0.3, 0.4) is 0 Å². The number of carbonyl (C=O) groups excluding carboxylic acids is 1. The molecular weight excluding hydrogens is 306 g/mol. The highest BCUT2D eigenvalue weighted by molar-refractivity contribution is 5.73. The molecule has 0 saturated carbocycles. The van der Waals surface area contributed by atoms with Gasteiger partial charge < -0.3 is 19.8 Å². The number of urea groups is 1. The summed E-state index contributed by atoms with van der Waals surface area (Å²) < 4.78 is 11.0. The van der Waals surface area contributed by atoms with Gasteiger partial charge in [-0.25, -0.2) is 4.79 Å². The lowest BCUT2D eigenvalue weighted by Gasteiger charge is -2.33. The molecule has 1 fully saturated rings. The van der Waals surface area contributed by atoms with Crippen molar-refractivity contribution in [3.63, 3.8) is 0 Å². The van der Waals surface area contributed by atoms with E-state index in [0.29, 0.717) is 26.3 Å².